The van der Waals surface area contributed by atoms with Gasteiger partial charge in [0.05, 0.1) is 17.6 Å². The van der Waals surface area contributed by atoms with Crippen LogP contribution in [0.1, 0.15) is 34.1 Å². The molecule has 0 aliphatic carbocycles. The van der Waals surface area contributed by atoms with E-state index in [1.54, 1.807) is 0 Å². The van der Waals surface area contributed by atoms with Crippen LogP contribution in [-0.2, 0) is 9.53 Å². The minimum atomic E-state index is -0.420. The summed E-state index contributed by atoms with van der Waals surface area (Å²) in [5.41, 5.74) is 5.30. The van der Waals surface area contributed by atoms with Gasteiger partial charge in [-0.15, -0.1) is 0 Å². The lowest BCUT2D eigenvalue weighted by Gasteiger charge is -2.40. The minimum absolute atomic E-state index is 0.117. The van der Waals surface area contributed by atoms with E-state index in [2.05, 4.69) is 0 Å². The zero-order chi connectivity index (χ0) is 12.3. The van der Waals surface area contributed by atoms with Crippen molar-refractivity contribution in [3.63, 3.8) is 0 Å². The SMILES string of the molecule is CCC(C)(CN)C(=O)N1C[C@@H](C)O[C@@H](C)C1. The van der Waals surface area contributed by atoms with E-state index in [-0.39, 0.29) is 18.1 Å². The van der Waals surface area contributed by atoms with Crippen molar-refractivity contribution in [1.82, 2.24) is 4.90 Å². The highest BCUT2D eigenvalue weighted by Crippen LogP contribution is 2.24. The fraction of sp³-hybridized carbons (Fsp3) is 0.917. The summed E-state index contributed by atoms with van der Waals surface area (Å²) < 4.78 is 5.62. The Morgan fingerprint density at radius 2 is 1.94 bits per heavy atom. The molecule has 0 aromatic rings. The molecule has 0 spiro atoms. The van der Waals surface area contributed by atoms with Crippen molar-refractivity contribution in [2.75, 3.05) is 19.6 Å². The minimum Gasteiger partial charge on any atom is -0.372 e. The Morgan fingerprint density at radius 1 is 1.44 bits per heavy atom. The summed E-state index contributed by atoms with van der Waals surface area (Å²) in [4.78, 5) is 14.3. The van der Waals surface area contributed by atoms with Crippen molar-refractivity contribution >= 4 is 5.91 Å². The van der Waals surface area contributed by atoms with Crippen LogP contribution in [0.25, 0.3) is 0 Å². The largest absolute Gasteiger partial charge is 0.372 e. The lowest BCUT2D eigenvalue weighted by Crippen LogP contribution is -2.54. The molecular weight excluding hydrogens is 204 g/mol. The molecule has 1 fully saturated rings. The molecule has 1 amide bonds. The Hall–Kier alpha value is -0.610. The van der Waals surface area contributed by atoms with Crippen LogP contribution in [0.4, 0.5) is 0 Å². The molecule has 1 aliphatic heterocycles. The molecule has 0 aromatic heterocycles. The average Bonchev–Trinajstić information content (AvgIpc) is 2.25. The summed E-state index contributed by atoms with van der Waals surface area (Å²) in [6.45, 7) is 9.72. The van der Waals surface area contributed by atoms with Gasteiger partial charge in [0.1, 0.15) is 0 Å². The summed E-state index contributed by atoms with van der Waals surface area (Å²) in [7, 11) is 0. The topological polar surface area (TPSA) is 55.6 Å². The van der Waals surface area contributed by atoms with Crippen LogP contribution in [0.2, 0.25) is 0 Å². The van der Waals surface area contributed by atoms with Gasteiger partial charge in [0.25, 0.3) is 0 Å². The number of amides is 1. The zero-order valence-electron chi connectivity index (χ0n) is 10.8. The predicted molar refractivity (Wildman–Crippen MR) is 64.0 cm³/mol. The summed E-state index contributed by atoms with van der Waals surface area (Å²) in [5.74, 6) is 0.166. The smallest absolute Gasteiger partial charge is 0.229 e. The molecule has 16 heavy (non-hydrogen) atoms. The Balaban J connectivity index is 2.73. The number of carbonyl (C=O) groups excluding carboxylic acids is 1. The summed E-state index contributed by atoms with van der Waals surface area (Å²) in [6, 6.07) is 0. The molecule has 1 aliphatic rings. The number of rotatable bonds is 3. The predicted octanol–water partition coefficient (Wildman–Crippen LogP) is 0.997. The number of hydrogen-bond donors (Lipinski definition) is 1. The Bertz CT molecular complexity index is 241. The maximum atomic E-state index is 12.4. The zero-order valence-corrected chi connectivity index (χ0v) is 10.8. The molecule has 0 bridgehead atoms. The Kier molecular flexibility index (Phi) is 4.33. The maximum Gasteiger partial charge on any atom is 0.229 e. The lowest BCUT2D eigenvalue weighted by molar-refractivity contribution is -0.152. The number of hydrogen-bond acceptors (Lipinski definition) is 3. The third kappa shape index (κ3) is 2.74. The number of nitrogens with zero attached hydrogens (tertiary/aromatic N) is 1. The Morgan fingerprint density at radius 3 is 2.31 bits per heavy atom. The molecule has 4 heteroatoms. The van der Waals surface area contributed by atoms with Crippen LogP contribution in [-0.4, -0.2) is 42.6 Å². The van der Waals surface area contributed by atoms with Gasteiger partial charge in [-0.2, -0.15) is 0 Å². The molecule has 4 nitrogen and oxygen atoms in total. The molecule has 3 atom stereocenters. The number of nitrogens with two attached hydrogens (primary N) is 1. The Labute approximate surface area is 98.1 Å². The molecule has 1 heterocycles. The van der Waals surface area contributed by atoms with Gasteiger partial charge in [0.2, 0.25) is 5.91 Å². The van der Waals surface area contributed by atoms with E-state index in [0.717, 1.165) is 6.42 Å². The van der Waals surface area contributed by atoms with Crippen molar-refractivity contribution in [2.24, 2.45) is 11.1 Å². The van der Waals surface area contributed by atoms with E-state index in [9.17, 15) is 4.79 Å². The summed E-state index contributed by atoms with van der Waals surface area (Å²) in [5, 5.41) is 0. The molecule has 1 rings (SSSR count). The number of carbonyl (C=O) groups is 1. The quantitative estimate of drug-likeness (QED) is 0.784. The highest BCUT2D eigenvalue weighted by atomic mass is 16.5. The third-order valence-corrected chi connectivity index (χ3v) is 3.45. The van der Waals surface area contributed by atoms with Gasteiger partial charge in [-0.3, -0.25) is 4.79 Å². The van der Waals surface area contributed by atoms with Crippen LogP contribution in [0.3, 0.4) is 0 Å². The van der Waals surface area contributed by atoms with Crippen molar-refractivity contribution in [3.05, 3.63) is 0 Å². The molecule has 0 aromatic carbocycles. The molecule has 1 unspecified atom stereocenters. The lowest BCUT2D eigenvalue weighted by atomic mass is 9.85. The summed E-state index contributed by atoms with van der Waals surface area (Å²) in [6.07, 6.45) is 1.01. The van der Waals surface area contributed by atoms with Gasteiger partial charge < -0.3 is 15.4 Å². The first-order valence-corrected chi connectivity index (χ1v) is 6.08. The first kappa shape index (κ1) is 13.5. The summed E-state index contributed by atoms with van der Waals surface area (Å²) >= 11 is 0. The maximum absolute atomic E-state index is 12.4. The molecule has 1 saturated heterocycles. The third-order valence-electron chi connectivity index (χ3n) is 3.45. The van der Waals surface area contributed by atoms with E-state index in [1.807, 2.05) is 32.6 Å². The second kappa shape index (κ2) is 5.15. The average molecular weight is 228 g/mol. The van der Waals surface area contributed by atoms with E-state index >= 15 is 0 Å². The molecule has 0 radical (unpaired) electrons. The van der Waals surface area contributed by atoms with Gasteiger partial charge in [-0.1, -0.05) is 6.92 Å². The fourth-order valence-electron chi connectivity index (χ4n) is 2.11. The molecular formula is C12H24N2O2. The van der Waals surface area contributed by atoms with Crippen LogP contribution < -0.4 is 5.73 Å². The second-order valence-electron chi connectivity index (χ2n) is 5.09. The van der Waals surface area contributed by atoms with Crippen LogP contribution in [0.15, 0.2) is 0 Å². The first-order valence-electron chi connectivity index (χ1n) is 6.08. The van der Waals surface area contributed by atoms with Gasteiger partial charge >= 0.3 is 0 Å². The fourth-order valence-corrected chi connectivity index (χ4v) is 2.11. The van der Waals surface area contributed by atoms with E-state index < -0.39 is 5.41 Å². The highest BCUT2D eigenvalue weighted by Gasteiger charge is 2.36. The van der Waals surface area contributed by atoms with Gasteiger partial charge in [0.15, 0.2) is 0 Å². The van der Waals surface area contributed by atoms with Crippen molar-refractivity contribution in [1.29, 1.82) is 0 Å². The van der Waals surface area contributed by atoms with Crippen LogP contribution in [0.5, 0.6) is 0 Å². The van der Waals surface area contributed by atoms with Gasteiger partial charge in [0, 0.05) is 19.6 Å². The van der Waals surface area contributed by atoms with E-state index in [1.165, 1.54) is 0 Å². The van der Waals surface area contributed by atoms with Crippen molar-refractivity contribution in [2.45, 2.75) is 46.3 Å². The molecule has 0 saturated carbocycles. The van der Waals surface area contributed by atoms with Crippen molar-refractivity contribution in [3.8, 4) is 0 Å². The standard InChI is InChI=1S/C12H24N2O2/c1-5-12(4,8-13)11(15)14-6-9(2)16-10(3)7-14/h9-10H,5-8,13H2,1-4H3/t9-,10+,12?. The van der Waals surface area contributed by atoms with Crippen molar-refractivity contribution < 1.29 is 9.53 Å². The van der Waals surface area contributed by atoms with Gasteiger partial charge in [-0.05, 0) is 27.2 Å². The monoisotopic (exact) mass is 228 g/mol. The van der Waals surface area contributed by atoms with Gasteiger partial charge in [-0.25, -0.2) is 0 Å². The molecule has 2 N–H and O–H groups in total. The van der Waals surface area contributed by atoms with E-state index in [0.29, 0.717) is 19.6 Å². The number of ether oxygens (including phenoxy) is 1. The normalized spacial score (nSPS) is 29.9. The van der Waals surface area contributed by atoms with E-state index in [4.69, 9.17) is 10.5 Å². The highest BCUT2D eigenvalue weighted by molar-refractivity contribution is 5.82. The van der Waals surface area contributed by atoms with Crippen LogP contribution in [0, 0.1) is 5.41 Å². The van der Waals surface area contributed by atoms with Crippen LogP contribution >= 0.6 is 0 Å². The second-order valence-corrected chi connectivity index (χ2v) is 5.09. The number of morpholine rings is 1. The first-order chi connectivity index (χ1) is 7.42. The molecule has 94 valence electrons.